The van der Waals surface area contributed by atoms with Crippen molar-refractivity contribution < 1.29 is 18.7 Å². The fourth-order valence-electron chi connectivity index (χ4n) is 4.02. The summed E-state index contributed by atoms with van der Waals surface area (Å²) in [5.74, 6) is -0.568. The fraction of sp³-hybridized carbons (Fsp3) is 0.355. The molecule has 0 unspecified atom stereocenters. The van der Waals surface area contributed by atoms with Gasteiger partial charge in [0.15, 0.2) is 6.61 Å². The van der Waals surface area contributed by atoms with Crippen molar-refractivity contribution in [1.82, 2.24) is 10.2 Å². The van der Waals surface area contributed by atoms with Crippen LogP contribution in [0, 0.1) is 5.82 Å². The van der Waals surface area contributed by atoms with E-state index in [4.69, 9.17) is 4.74 Å². The van der Waals surface area contributed by atoms with Crippen LogP contribution >= 0.6 is 0 Å². The summed E-state index contributed by atoms with van der Waals surface area (Å²) < 4.78 is 20.5. The Morgan fingerprint density at radius 1 is 0.919 bits per heavy atom. The molecule has 37 heavy (non-hydrogen) atoms. The molecular weight excluding hydrogens is 467 g/mol. The van der Waals surface area contributed by atoms with E-state index in [0.717, 1.165) is 11.1 Å². The molecule has 0 saturated heterocycles. The molecule has 3 rings (SSSR count). The van der Waals surface area contributed by atoms with Crippen LogP contribution in [0.2, 0.25) is 0 Å². The maximum atomic E-state index is 14.6. The molecule has 0 aromatic heterocycles. The van der Waals surface area contributed by atoms with Crippen LogP contribution in [0.4, 0.5) is 4.39 Å². The van der Waals surface area contributed by atoms with Gasteiger partial charge in [0, 0.05) is 24.6 Å². The van der Waals surface area contributed by atoms with Crippen molar-refractivity contribution in [1.29, 1.82) is 0 Å². The molecule has 3 aromatic rings. The smallest absolute Gasteiger partial charge is 0.261 e. The quantitative estimate of drug-likeness (QED) is 0.387. The SMILES string of the molecule is CC(C)NC(=O)[C@H](Cc1ccccc1)N(Cc1ccccc1F)C(=O)COc1ccc(C(C)(C)C)cc1. The van der Waals surface area contributed by atoms with Crippen LogP contribution in [-0.4, -0.2) is 35.4 Å². The van der Waals surface area contributed by atoms with Gasteiger partial charge < -0.3 is 15.0 Å². The third-order valence-corrected chi connectivity index (χ3v) is 6.08. The number of carbonyl (C=O) groups is 2. The van der Waals surface area contributed by atoms with Crippen LogP contribution < -0.4 is 10.1 Å². The van der Waals surface area contributed by atoms with Crippen LogP contribution in [-0.2, 0) is 28.0 Å². The summed E-state index contributed by atoms with van der Waals surface area (Å²) in [6, 6.07) is 22.5. The maximum Gasteiger partial charge on any atom is 0.261 e. The summed E-state index contributed by atoms with van der Waals surface area (Å²) in [7, 11) is 0. The Balaban J connectivity index is 1.89. The summed E-state index contributed by atoms with van der Waals surface area (Å²) in [6.07, 6.45) is 0.292. The van der Waals surface area contributed by atoms with Gasteiger partial charge in [0.25, 0.3) is 5.91 Å². The minimum Gasteiger partial charge on any atom is -0.484 e. The van der Waals surface area contributed by atoms with Gasteiger partial charge in [0.2, 0.25) is 5.91 Å². The Bertz CT molecular complexity index is 1170. The molecule has 3 aromatic carbocycles. The molecule has 0 radical (unpaired) electrons. The summed E-state index contributed by atoms with van der Waals surface area (Å²) in [6.45, 7) is 9.78. The normalized spacial score (nSPS) is 12.2. The van der Waals surface area contributed by atoms with Crippen molar-refractivity contribution in [3.63, 3.8) is 0 Å². The highest BCUT2D eigenvalue weighted by Gasteiger charge is 2.31. The van der Waals surface area contributed by atoms with Crippen LogP contribution in [0.15, 0.2) is 78.9 Å². The first-order valence-electron chi connectivity index (χ1n) is 12.6. The number of hydrogen-bond donors (Lipinski definition) is 1. The number of ether oxygens (including phenoxy) is 1. The van der Waals surface area contributed by atoms with Crippen LogP contribution in [0.1, 0.15) is 51.3 Å². The van der Waals surface area contributed by atoms with Crippen molar-refractivity contribution in [3.05, 3.63) is 101 Å². The molecule has 0 heterocycles. The lowest BCUT2D eigenvalue weighted by Crippen LogP contribution is -2.53. The molecule has 1 atom stereocenters. The molecule has 1 N–H and O–H groups in total. The second kappa shape index (κ2) is 12.5. The number of benzene rings is 3. The number of halogens is 1. The van der Waals surface area contributed by atoms with E-state index in [0.29, 0.717) is 17.7 Å². The minimum absolute atomic E-state index is 0.000654. The lowest BCUT2D eigenvalue weighted by Gasteiger charge is -2.32. The van der Waals surface area contributed by atoms with Crippen molar-refractivity contribution in [2.75, 3.05) is 6.61 Å². The number of nitrogens with zero attached hydrogens (tertiary/aromatic N) is 1. The molecule has 0 bridgehead atoms. The molecule has 196 valence electrons. The zero-order chi connectivity index (χ0) is 27.0. The second-order valence-corrected chi connectivity index (χ2v) is 10.5. The highest BCUT2D eigenvalue weighted by Crippen LogP contribution is 2.24. The first kappa shape index (κ1) is 27.9. The Labute approximate surface area is 219 Å². The Morgan fingerprint density at radius 3 is 2.14 bits per heavy atom. The standard InChI is InChI=1S/C31H37FN2O3/c1-22(2)33-30(36)28(19-23-11-7-6-8-12-23)34(20-24-13-9-10-14-27(24)32)29(35)21-37-26-17-15-25(16-18-26)31(3,4)5/h6-18,22,28H,19-21H2,1-5H3,(H,33,36)/t28-/m0/s1. The first-order valence-corrected chi connectivity index (χ1v) is 12.6. The maximum absolute atomic E-state index is 14.6. The molecule has 0 saturated carbocycles. The van der Waals surface area contributed by atoms with Crippen molar-refractivity contribution in [3.8, 4) is 5.75 Å². The monoisotopic (exact) mass is 504 g/mol. The highest BCUT2D eigenvalue weighted by atomic mass is 19.1. The van der Waals surface area contributed by atoms with Gasteiger partial charge in [0.1, 0.15) is 17.6 Å². The topological polar surface area (TPSA) is 58.6 Å². The van der Waals surface area contributed by atoms with Crippen LogP contribution in [0.25, 0.3) is 0 Å². The van der Waals surface area contributed by atoms with Gasteiger partial charge >= 0.3 is 0 Å². The molecule has 0 aliphatic heterocycles. The molecule has 6 heteroatoms. The summed E-state index contributed by atoms with van der Waals surface area (Å²) in [5.41, 5.74) is 2.39. The number of nitrogens with one attached hydrogen (secondary N) is 1. The van der Waals surface area contributed by atoms with Gasteiger partial charge in [-0.1, -0.05) is 81.4 Å². The van der Waals surface area contributed by atoms with E-state index in [1.54, 1.807) is 18.2 Å². The van der Waals surface area contributed by atoms with E-state index in [1.165, 1.54) is 11.0 Å². The lowest BCUT2D eigenvalue weighted by molar-refractivity contribution is -0.143. The highest BCUT2D eigenvalue weighted by molar-refractivity contribution is 5.88. The van der Waals surface area contributed by atoms with E-state index in [-0.39, 0.29) is 30.5 Å². The van der Waals surface area contributed by atoms with E-state index >= 15 is 0 Å². The zero-order valence-corrected chi connectivity index (χ0v) is 22.3. The van der Waals surface area contributed by atoms with E-state index < -0.39 is 17.8 Å². The Hall–Kier alpha value is -3.67. The molecule has 0 fully saturated rings. The average Bonchev–Trinajstić information content (AvgIpc) is 2.85. The molecule has 5 nitrogen and oxygen atoms in total. The van der Waals surface area contributed by atoms with Gasteiger partial charge in [-0.15, -0.1) is 0 Å². The molecule has 0 aliphatic carbocycles. The summed E-state index contributed by atoms with van der Waals surface area (Å²) in [4.78, 5) is 28.3. The van der Waals surface area contributed by atoms with E-state index in [1.807, 2.05) is 68.4 Å². The molecule has 0 aliphatic rings. The van der Waals surface area contributed by atoms with Crippen molar-refractivity contribution in [2.45, 2.75) is 65.1 Å². The fourth-order valence-corrected chi connectivity index (χ4v) is 4.02. The van der Waals surface area contributed by atoms with Crippen molar-refractivity contribution >= 4 is 11.8 Å². The Kier molecular flexibility index (Phi) is 9.45. The predicted octanol–water partition coefficient (Wildman–Crippen LogP) is 5.67. The minimum atomic E-state index is -0.844. The van der Waals surface area contributed by atoms with E-state index in [9.17, 15) is 14.0 Å². The van der Waals surface area contributed by atoms with Gasteiger partial charge in [0.05, 0.1) is 0 Å². The van der Waals surface area contributed by atoms with Crippen molar-refractivity contribution in [2.24, 2.45) is 0 Å². The van der Waals surface area contributed by atoms with Crippen LogP contribution in [0.5, 0.6) is 5.75 Å². The van der Waals surface area contributed by atoms with Crippen LogP contribution in [0.3, 0.4) is 0 Å². The Morgan fingerprint density at radius 2 is 1.54 bits per heavy atom. The molecule has 0 spiro atoms. The average molecular weight is 505 g/mol. The van der Waals surface area contributed by atoms with E-state index in [2.05, 4.69) is 26.1 Å². The lowest BCUT2D eigenvalue weighted by atomic mass is 9.87. The van der Waals surface area contributed by atoms with Gasteiger partial charge in [-0.25, -0.2) is 4.39 Å². The molecular formula is C31H37FN2O3. The number of carbonyl (C=O) groups excluding carboxylic acids is 2. The predicted molar refractivity (Wildman–Crippen MR) is 145 cm³/mol. The second-order valence-electron chi connectivity index (χ2n) is 10.5. The zero-order valence-electron chi connectivity index (χ0n) is 22.3. The van der Waals surface area contributed by atoms with Gasteiger partial charge in [-0.2, -0.15) is 0 Å². The number of hydrogen-bond acceptors (Lipinski definition) is 3. The number of amides is 2. The summed E-state index contributed by atoms with van der Waals surface area (Å²) >= 11 is 0. The summed E-state index contributed by atoms with van der Waals surface area (Å²) in [5, 5.41) is 2.93. The first-order chi connectivity index (χ1) is 17.5. The number of rotatable bonds is 10. The van der Waals surface area contributed by atoms with Gasteiger partial charge in [-0.05, 0) is 48.6 Å². The molecule has 2 amide bonds. The third-order valence-electron chi connectivity index (χ3n) is 6.08. The third kappa shape index (κ3) is 8.17. The van der Waals surface area contributed by atoms with Gasteiger partial charge in [-0.3, -0.25) is 9.59 Å². The largest absolute Gasteiger partial charge is 0.484 e.